The molecule has 1 aromatic rings. The van der Waals surface area contributed by atoms with Crippen LogP contribution in [0.5, 0.6) is 0 Å². The molecular weight excluding hydrogens is 338 g/mol. The van der Waals surface area contributed by atoms with Crippen molar-refractivity contribution in [2.24, 2.45) is 5.92 Å². The number of rotatable bonds is 5. The molecule has 0 aliphatic carbocycles. The van der Waals surface area contributed by atoms with Gasteiger partial charge < -0.3 is 9.80 Å². The van der Waals surface area contributed by atoms with Crippen LogP contribution in [-0.4, -0.2) is 64.9 Å². The summed E-state index contributed by atoms with van der Waals surface area (Å²) in [7, 11) is 1.62. The summed E-state index contributed by atoms with van der Waals surface area (Å²) in [6.07, 6.45) is 2.47. The Kier molecular flexibility index (Phi) is 5.61. The van der Waals surface area contributed by atoms with Crippen molar-refractivity contribution in [1.82, 2.24) is 14.7 Å². The second kappa shape index (κ2) is 7.63. The minimum Gasteiger partial charge on any atom is -0.309 e. The molecule has 1 unspecified atom stereocenters. The van der Waals surface area contributed by atoms with Crippen LogP contribution in [0.1, 0.15) is 44.7 Å². The van der Waals surface area contributed by atoms with E-state index in [1.54, 1.807) is 7.05 Å². The van der Waals surface area contributed by atoms with Crippen LogP contribution in [0.25, 0.3) is 0 Å². The normalized spacial score (nSPS) is 21.6. The van der Waals surface area contributed by atoms with Gasteiger partial charge in [-0.1, -0.05) is 43.7 Å². The third kappa shape index (κ3) is 3.75. The van der Waals surface area contributed by atoms with Crippen molar-refractivity contribution in [3.8, 4) is 0 Å². The molecule has 0 bridgehead atoms. The van der Waals surface area contributed by atoms with Gasteiger partial charge in [0.05, 0.1) is 0 Å². The zero-order chi connectivity index (χ0) is 19.8. The van der Waals surface area contributed by atoms with E-state index in [0.29, 0.717) is 18.5 Å². The molecule has 0 aromatic heterocycles. The minimum atomic E-state index is -0.629. The van der Waals surface area contributed by atoms with E-state index in [4.69, 9.17) is 0 Å². The molecule has 5 nitrogen and oxygen atoms in total. The maximum absolute atomic E-state index is 12.9. The highest BCUT2D eigenvalue weighted by atomic mass is 16.2. The molecule has 2 heterocycles. The van der Waals surface area contributed by atoms with E-state index in [1.807, 2.05) is 4.90 Å². The highest BCUT2D eigenvalue weighted by molar-refractivity contribution is 6.06. The van der Waals surface area contributed by atoms with Crippen LogP contribution < -0.4 is 0 Å². The Morgan fingerprint density at radius 1 is 1.04 bits per heavy atom. The number of urea groups is 1. The number of likely N-dealkylation sites (N-methyl/N-ethyl adjacent to an activating group) is 1. The molecule has 3 rings (SSSR count). The number of amides is 3. The number of imide groups is 1. The van der Waals surface area contributed by atoms with E-state index in [-0.39, 0.29) is 11.9 Å². The molecule has 3 amide bonds. The molecule has 2 fully saturated rings. The summed E-state index contributed by atoms with van der Waals surface area (Å²) in [6.45, 7) is 10.9. The average molecular weight is 372 g/mol. The fourth-order valence-corrected chi connectivity index (χ4v) is 4.51. The van der Waals surface area contributed by atoms with Gasteiger partial charge in [-0.25, -0.2) is 4.79 Å². The Labute approximate surface area is 163 Å². The van der Waals surface area contributed by atoms with Crippen molar-refractivity contribution in [2.45, 2.75) is 58.5 Å². The van der Waals surface area contributed by atoms with Crippen molar-refractivity contribution >= 4 is 11.9 Å². The number of hydrogen-bond donors (Lipinski definition) is 0. The summed E-state index contributed by atoms with van der Waals surface area (Å²) < 4.78 is 0. The molecule has 0 N–H and O–H groups in total. The van der Waals surface area contributed by atoms with Gasteiger partial charge in [0.15, 0.2) is 0 Å². The molecular formula is C22H33N3O2. The lowest BCUT2D eigenvalue weighted by atomic mass is 9.84. The zero-order valence-corrected chi connectivity index (χ0v) is 17.4. The summed E-state index contributed by atoms with van der Waals surface area (Å²) in [5.41, 5.74) is 2.00. The largest absolute Gasteiger partial charge is 0.327 e. The maximum atomic E-state index is 12.9. The van der Waals surface area contributed by atoms with Gasteiger partial charge in [-0.3, -0.25) is 9.69 Å². The highest BCUT2D eigenvalue weighted by Gasteiger charge is 2.56. The Hall–Kier alpha value is -1.88. The van der Waals surface area contributed by atoms with Crippen LogP contribution >= 0.6 is 0 Å². The third-order valence-electron chi connectivity index (χ3n) is 6.19. The van der Waals surface area contributed by atoms with Crippen LogP contribution in [0.2, 0.25) is 0 Å². The van der Waals surface area contributed by atoms with Crippen LogP contribution in [0.4, 0.5) is 4.79 Å². The van der Waals surface area contributed by atoms with Gasteiger partial charge in [0.1, 0.15) is 5.54 Å². The van der Waals surface area contributed by atoms with Crippen LogP contribution in [0, 0.1) is 12.8 Å². The van der Waals surface area contributed by atoms with Gasteiger partial charge >= 0.3 is 6.03 Å². The van der Waals surface area contributed by atoms with Crippen molar-refractivity contribution in [1.29, 1.82) is 0 Å². The Morgan fingerprint density at radius 3 is 2.19 bits per heavy atom. The molecule has 27 heavy (non-hydrogen) atoms. The number of aryl methyl sites for hydroxylation is 1. The lowest BCUT2D eigenvalue weighted by Gasteiger charge is -2.44. The van der Waals surface area contributed by atoms with Crippen LogP contribution in [0.15, 0.2) is 24.3 Å². The minimum absolute atomic E-state index is 0.0148. The molecule has 1 atom stereocenters. The topological polar surface area (TPSA) is 43.9 Å². The molecule has 2 aliphatic heterocycles. The van der Waals surface area contributed by atoms with Gasteiger partial charge in [0.2, 0.25) is 0 Å². The Morgan fingerprint density at radius 2 is 1.63 bits per heavy atom. The standard InChI is InChI=1S/C22H33N3O2/c1-16(2)15-25-21(27)23(5)20(26)22(25)10-12-24(13-11-22)18(4)14-19-8-6-17(3)7-9-19/h6-9,16,18H,10-15H2,1-5H3. The number of benzene rings is 1. The van der Waals surface area contributed by atoms with Gasteiger partial charge in [-0.15, -0.1) is 0 Å². The van der Waals surface area contributed by atoms with Gasteiger partial charge in [0.25, 0.3) is 5.91 Å². The zero-order valence-electron chi connectivity index (χ0n) is 17.4. The van der Waals surface area contributed by atoms with Crippen LogP contribution in [0.3, 0.4) is 0 Å². The lowest BCUT2D eigenvalue weighted by molar-refractivity contribution is -0.135. The predicted octanol–water partition coefficient (Wildman–Crippen LogP) is 3.31. The molecule has 2 aliphatic rings. The maximum Gasteiger partial charge on any atom is 0.327 e. The lowest BCUT2D eigenvalue weighted by Crippen LogP contribution is -2.58. The quantitative estimate of drug-likeness (QED) is 0.746. The first kappa shape index (κ1) is 19.9. The SMILES string of the molecule is Cc1ccc(CC(C)N2CCC3(CC2)C(=O)N(C)C(=O)N3CC(C)C)cc1. The molecule has 1 spiro atoms. The van der Waals surface area contributed by atoms with Gasteiger partial charge in [-0.2, -0.15) is 0 Å². The van der Waals surface area contributed by atoms with Gasteiger partial charge in [-0.05, 0) is 44.6 Å². The van der Waals surface area contributed by atoms with Crippen molar-refractivity contribution in [3.05, 3.63) is 35.4 Å². The van der Waals surface area contributed by atoms with E-state index < -0.39 is 5.54 Å². The summed E-state index contributed by atoms with van der Waals surface area (Å²) in [5, 5.41) is 0. The number of piperidine rings is 1. The van der Waals surface area contributed by atoms with E-state index in [1.165, 1.54) is 16.0 Å². The molecule has 0 saturated carbocycles. The number of hydrogen-bond acceptors (Lipinski definition) is 3. The highest BCUT2D eigenvalue weighted by Crippen LogP contribution is 2.37. The van der Waals surface area contributed by atoms with E-state index in [9.17, 15) is 9.59 Å². The molecule has 0 radical (unpaired) electrons. The fraction of sp³-hybridized carbons (Fsp3) is 0.636. The number of likely N-dealkylation sites (tertiary alicyclic amines) is 1. The van der Waals surface area contributed by atoms with E-state index >= 15 is 0 Å². The fourth-order valence-electron chi connectivity index (χ4n) is 4.51. The predicted molar refractivity (Wildman–Crippen MR) is 108 cm³/mol. The monoisotopic (exact) mass is 371 g/mol. The second-order valence-electron chi connectivity index (χ2n) is 8.76. The Bertz CT molecular complexity index is 690. The molecule has 1 aromatic carbocycles. The van der Waals surface area contributed by atoms with Crippen molar-refractivity contribution in [2.75, 3.05) is 26.7 Å². The summed E-state index contributed by atoms with van der Waals surface area (Å²) in [6, 6.07) is 9.03. The summed E-state index contributed by atoms with van der Waals surface area (Å²) in [4.78, 5) is 31.2. The van der Waals surface area contributed by atoms with Gasteiger partial charge in [0, 0.05) is 32.7 Å². The average Bonchev–Trinajstić information content (AvgIpc) is 2.80. The first-order valence-corrected chi connectivity index (χ1v) is 10.1. The van der Waals surface area contributed by atoms with Crippen LogP contribution in [-0.2, 0) is 11.2 Å². The van der Waals surface area contributed by atoms with E-state index in [2.05, 4.69) is 56.9 Å². The molecule has 5 heteroatoms. The van der Waals surface area contributed by atoms with E-state index in [0.717, 1.165) is 32.4 Å². The van der Waals surface area contributed by atoms with Crippen molar-refractivity contribution in [3.63, 3.8) is 0 Å². The summed E-state index contributed by atoms with van der Waals surface area (Å²) in [5.74, 6) is 0.336. The van der Waals surface area contributed by atoms with Crippen molar-refractivity contribution < 1.29 is 9.59 Å². The first-order chi connectivity index (χ1) is 12.7. The molecule has 148 valence electrons. The smallest absolute Gasteiger partial charge is 0.309 e. The number of carbonyl (C=O) groups is 2. The Balaban J connectivity index is 1.68. The first-order valence-electron chi connectivity index (χ1n) is 10.1. The third-order valence-corrected chi connectivity index (χ3v) is 6.19. The summed E-state index contributed by atoms with van der Waals surface area (Å²) >= 11 is 0. The number of carbonyl (C=O) groups excluding carboxylic acids is 2. The second-order valence-corrected chi connectivity index (χ2v) is 8.76. The number of nitrogens with zero attached hydrogens (tertiary/aromatic N) is 3. The molecule has 2 saturated heterocycles.